The van der Waals surface area contributed by atoms with Crippen LogP contribution in [0.4, 0.5) is 5.69 Å². The summed E-state index contributed by atoms with van der Waals surface area (Å²) in [6, 6.07) is 17.5. The molecule has 0 aliphatic carbocycles. The highest BCUT2D eigenvalue weighted by Gasteiger charge is 2.38. The van der Waals surface area contributed by atoms with Crippen LogP contribution in [0.5, 0.6) is 0 Å². The third-order valence-corrected chi connectivity index (χ3v) is 5.60. The molecular formula is C22H21ClN2O2. The van der Waals surface area contributed by atoms with Crippen LogP contribution < -0.4 is 4.90 Å². The summed E-state index contributed by atoms with van der Waals surface area (Å²) < 4.78 is 0. The van der Waals surface area contributed by atoms with E-state index in [-0.39, 0.29) is 24.2 Å². The fourth-order valence-corrected chi connectivity index (χ4v) is 4.06. The van der Waals surface area contributed by atoms with E-state index in [0.29, 0.717) is 30.3 Å². The van der Waals surface area contributed by atoms with E-state index < -0.39 is 0 Å². The first-order chi connectivity index (χ1) is 13.1. The molecule has 1 saturated heterocycles. The number of anilines is 1. The first-order valence-electron chi connectivity index (χ1n) is 9.21. The van der Waals surface area contributed by atoms with Crippen LogP contribution in [0.3, 0.4) is 0 Å². The van der Waals surface area contributed by atoms with Crippen molar-refractivity contribution < 1.29 is 9.59 Å². The Hall–Kier alpha value is -2.59. The molecule has 2 aliphatic heterocycles. The number of benzene rings is 2. The second-order valence-electron chi connectivity index (χ2n) is 6.99. The highest BCUT2D eigenvalue weighted by Crippen LogP contribution is 2.32. The summed E-state index contributed by atoms with van der Waals surface area (Å²) in [5.74, 6) is -0.291. The molecule has 4 nitrogen and oxygen atoms in total. The summed E-state index contributed by atoms with van der Waals surface area (Å²) in [5, 5.41) is 0.535. The maximum absolute atomic E-state index is 12.9. The number of hydrogen-bond acceptors (Lipinski definition) is 2. The third-order valence-electron chi connectivity index (χ3n) is 5.28. The van der Waals surface area contributed by atoms with Gasteiger partial charge in [-0.1, -0.05) is 60.1 Å². The number of hydrogen-bond donors (Lipinski definition) is 0. The Morgan fingerprint density at radius 2 is 1.78 bits per heavy atom. The number of halogens is 1. The van der Waals surface area contributed by atoms with Crippen molar-refractivity contribution in [1.29, 1.82) is 0 Å². The lowest BCUT2D eigenvalue weighted by molar-refractivity contribution is -0.135. The van der Waals surface area contributed by atoms with Gasteiger partial charge in [-0.25, -0.2) is 0 Å². The second-order valence-corrected chi connectivity index (χ2v) is 7.39. The Balaban J connectivity index is 1.43. The van der Waals surface area contributed by atoms with Gasteiger partial charge >= 0.3 is 0 Å². The largest absolute Gasteiger partial charge is 0.338 e. The van der Waals surface area contributed by atoms with Crippen molar-refractivity contribution in [1.82, 2.24) is 4.90 Å². The number of para-hydroxylation sites is 1. The van der Waals surface area contributed by atoms with Gasteiger partial charge in [0.15, 0.2) is 0 Å². The van der Waals surface area contributed by atoms with Crippen LogP contribution in [0.1, 0.15) is 18.4 Å². The molecule has 138 valence electrons. The molecule has 2 heterocycles. The van der Waals surface area contributed by atoms with Gasteiger partial charge in [-0.2, -0.15) is 0 Å². The summed E-state index contributed by atoms with van der Waals surface area (Å²) in [6.45, 7) is 1.68. The molecule has 0 spiro atoms. The van der Waals surface area contributed by atoms with Crippen LogP contribution in [0.25, 0.3) is 5.57 Å². The highest BCUT2D eigenvalue weighted by molar-refractivity contribution is 6.33. The van der Waals surface area contributed by atoms with E-state index >= 15 is 0 Å². The molecule has 1 fully saturated rings. The smallest absolute Gasteiger partial charge is 0.228 e. The summed E-state index contributed by atoms with van der Waals surface area (Å²) in [6.07, 6.45) is 3.21. The second kappa shape index (κ2) is 7.57. The molecule has 2 aromatic rings. The standard InChI is InChI=1S/C22H21ClN2O2/c23-19-8-4-5-9-20(19)25-15-18(14-21(25)26)22(27)24-12-10-17(11-13-24)16-6-2-1-3-7-16/h1-10,18H,11-15H2/t18-/m0/s1. The van der Waals surface area contributed by atoms with Crippen LogP contribution >= 0.6 is 11.6 Å². The van der Waals surface area contributed by atoms with Gasteiger partial charge in [0.2, 0.25) is 11.8 Å². The molecule has 4 rings (SSSR count). The summed E-state index contributed by atoms with van der Waals surface area (Å²) in [5.41, 5.74) is 3.18. The number of rotatable bonds is 3. The van der Waals surface area contributed by atoms with E-state index in [0.717, 1.165) is 6.42 Å². The molecule has 27 heavy (non-hydrogen) atoms. The van der Waals surface area contributed by atoms with Gasteiger partial charge in [0.1, 0.15) is 0 Å². The van der Waals surface area contributed by atoms with Gasteiger partial charge in [-0.3, -0.25) is 9.59 Å². The topological polar surface area (TPSA) is 40.6 Å². The first-order valence-corrected chi connectivity index (χ1v) is 9.59. The minimum atomic E-state index is -0.305. The zero-order chi connectivity index (χ0) is 18.8. The van der Waals surface area contributed by atoms with E-state index in [1.165, 1.54) is 11.1 Å². The van der Waals surface area contributed by atoms with Crippen molar-refractivity contribution in [2.75, 3.05) is 24.5 Å². The lowest BCUT2D eigenvalue weighted by atomic mass is 9.98. The Labute approximate surface area is 164 Å². The van der Waals surface area contributed by atoms with Crippen molar-refractivity contribution in [2.45, 2.75) is 12.8 Å². The zero-order valence-electron chi connectivity index (χ0n) is 15.0. The molecule has 2 aromatic carbocycles. The molecule has 0 N–H and O–H groups in total. The molecule has 0 bridgehead atoms. The van der Waals surface area contributed by atoms with Gasteiger partial charge in [-0.05, 0) is 29.7 Å². The minimum Gasteiger partial charge on any atom is -0.338 e. The molecule has 2 aliphatic rings. The minimum absolute atomic E-state index is 0.0426. The lowest BCUT2D eigenvalue weighted by Crippen LogP contribution is -2.39. The van der Waals surface area contributed by atoms with E-state index in [1.54, 1.807) is 11.0 Å². The fourth-order valence-electron chi connectivity index (χ4n) is 3.82. The average molecular weight is 381 g/mol. The van der Waals surface area contributed by atoms with Crippen molar-refractivity contribution in [2.24, 2.45) is 5.92 Å². The number of nitrogens with zero attached hydrogens (tertiary/aromatic N) is 2. The van der Waals surface area contributed by atoms with Gasteiger partial charge < -0.3 is 9.80 Å². The first kappa shape index (κ1) is 17.8. The molecular weight excluding hydrogens is 360 g/mol. The monoisotopic (exact) mass is 380 g/mol. The van der Waals surface area contributed by atoms with Gasteiger partial charge in [0.25, 0.3) is 0 Å². The van der Waals surface area contributed by atoms with E-state index in [2.05, 4.69) is 18.2 Å². The van der Waals surface area contributed by atoms with Crippen LogP contribution in [-0.2, 0) is 9.59 Å². The summed E-state index contributed by atoms with van der Waals surface area (Å²) in [4.78, 5) is 28.9. The number of carbonyl (C=O) groups excluding carboxylic acids is 2. The zero-order valence-corrected chi connectivity index (χ0v) is 15.7. The van der Waals surface area contributed by atoms with E-state index in [1.807, 2.05) is 41.3 Å². The van der Waals surface area contributed by atoms with Crippen molar-refractivity contribution >= 4 is 34.7 Å². The van der Waals surface area contributed by atoms with Gasteiger partial charge in [-0.15, -0.1) is 0 Å². The normalized spacial score (nSPS) is 20.0. The third kappa shape index (κ3) is 3.62. The maximum Gasteiger partial charge on any atom is 0.228 e. The van der Waals surface area contributed by atoms with Crippen molar-refractivity contribution in [3.05, 3.63) is 71.3 Å². The van der Waals surface area contributed by atoms with Crippen LogP contribution in [0.15, 0.2) is 60.7 Å². The molecule has 0 saturated carbocycles. The quantitative estimate of drug-likeness (QED) is 0.807. The van der Waals surface area contributed by atoms with Crippen LogP contribution in [0, 0.1) is 5.92 Å². The van der Waals surface area contributed by atoms with Gasteiger partial charge in [0, 0.05) is 26.1 Å². The van der Waals surface area contributed by atoms with Gasteiger partial charge in [0.05, 0.1) is 16.6 Å². The number of amides is 2. The van der Waals surface area contributed by atoms with Crippen LogP contribution in [-0.4, -0.2) is 36.3 Å². The number of carbonyl (C=O) groups is 2. The van der Waals surface area contributed by atoms with E-state index in [4.69, 9.17) is 11.6 Å². The summed E-state index contributed by atoms with van der Waals surface area (Å²) >= 11 is 6.22. The Bertz CT molecular complexity index is 894. The lowest BCUT2D eigenvalue weighted by Gasteiger charge is -2.29. The molecule has 2 amide bonds. The predicted molar refractivity (Wildman–Crippen MR) is 108 cm³/mol. The Kier molecular flexibility index (Phi) is 4.99. The predicted octanol–water partition coefficient (Wildman–Crippen LogP) is 4.01. The van der Waals surface area contributed by atoms with E-state index in [9.17, 15) is 9.59 Å². The van der Waals surface area contributed by atoms with Crippen LogP contribution in [0.2, 0.25) is 5.02 Å². The van der Waals surface area contributed by atoms with Crippen molar-refractivity contribution in [3.8, 4) is 0 Å². The average Bonchev–Trinajstić information content (AvgIpc) is 3.10. The fraction of sp³-hybridized carbons (Fsp3) is 0.273. The summed E-state index contributed by atoms with van der Waals surface area (Å²) in [7, 11) is 0. The molecule has 0 radical (unpaired) electrons. The molecule has 5 heteroatoms. The Morgan fingerprint density at radius 3 is 2.48 bits per heavy atom. The molecule has 0 unspecified atom stereocenters. The molecule has 1 atom stereocenters. The maximum atomic E-state index is 12.9. The van der Waals surface area contributed by atoms with Crippen molar-refractivity contribution in [3.63, 3.8) is 0 Å². The highest BCUT2D eigenvalue weighted by atomic mass is 35.5. The SMILES string of the molecule is O=C([C@H]1CC(=O)N(c2ccccc2Cl)C1)N1CC=C(c2ccccc2)CC1. The molecule has 0 aromatic heterocycles. The Morgan fingerprint density at radius 1 is 1.04 bits per heavy atom.